The molecule has 0 aliphatic heterocycles. The van der Waals surface area contributed by atoms with Crippen LogP contribution in [0.25, 0.3) is 64.6 Å². The molecule has 0 atom stereocenters. The first kappa shape index (κ1) is 30.1. The van der Waals surface area contributed by atoms with Gasteiger partial charge >= 0.3 is 11.9 Å². The summed E-state index contributed by atoms with van der Waals surface area (Å²) in [5.74, 6) is -0.291. The zero-order valence-corrected chi connectivity index (χ0v) is 27.1. The van der Waals surface area contributed by atoms with Crippen LogP contribution in [0.4, 0.5) is 0 Å². The molecule has 8 aromatic carbocycles. The van der Waals surface area contributed by atoms with Gasteiger partial charge < -0.3 is 9.47 Å². The van der Waals surface area contributed by atoms with E-state index in [4.69, 9.17) is 9.47 Å². The molecule has 0 aliphatic rings. The molecule has 48 heavy (non-hydrogen) atoms. The first-order valence-corrected chi connectivity index (χ1v) is 17.3. The summed E-state index contributed by atoms with van der Waals surface area (Å²) >= 11 is 0. The topological polar surface area (TPSA) is 52.6 Å². The number of carbonyl (C=O) groups excluding carboxylic acids is 2. The molecule has 0 fully saturated rings. The van der Waals surface area contributed by atoms with Crippen molar-refractivity contribution in [1.29, 1.82) is 0 Å². The number of esters is 2. The molecule has 0 unspecified atom stereocenters. The molecule has 0 aliphatic carbocycles. The van der Waals surface area contributed by atoms with Gasteiger partial charge in [0.15, 0.2) is 0 Å². The zero-order chi connectivity index (χ0) is 32.5. The van der Waals surface area contributed by atoms with Crippen LogP contribution in [0.15, 0.2) is 109 Å². The molecule has 0 amide bonds. The Hall–Kier alpha value is -5.22. The van der Waals surface area contributed by atoms with Crippen LogP contribution in [0.1, 0.15) is 62.5 Å². The van der Waals surface area contributed by atoms with Gasteiger partial charge in [0, 0.05) is 12.8 Å². The molecule has 0 saturated carbocycles. The fourth-order valence-electron chi connectivity index (χ4n) is 7.55. The lowest BCUT2D eigenvalue weighted by molar-refractivity contribution is -0.146. The van der Waals surface area contributed by atoms with Crippen LogP contribution in [0, 0.1) is 0 Å². The summed E-state index contributed by atoms with van der Waals surface area (Å²) in [4.78, 5) is 25.1. The number of carbonyl (C=O) groups is 2. The molecule has 4 nitrogen and oxygen atoms in total. The highest BCUT2D eigenvalue weighted by Gasteiger charge is 2.14. The quantitative estimate of drug-likeness (QED) is 0.0722. The lowest BCUT2D eigenvalue weighted by Gasteiger charge is -2.14. The molecule has 238 valence electrons. The minimum absolute atomic E-state index is 0.145. The average molecular weight is 631 g/mol. The first-order chi connectivity index (χ1) is 23.6. The lowest BCUT2D eigenvalue weighted by atomic mass is 9.92. The highest BCUT2D eigenvalue weighted by atomic mass is 16.5. The molecular weight excluding hydrogens is 592 g/mol. The Bertz CT molecular complexity index is 2200. The molecule has 8 aromatic rings. The molecule has 0 bridgehead atoms. The van der Waals surface area contributed by atoms with Crippen LogP contribution < -0.4 is 0 Å². The second-order valence-corrected chi connectivity index (χ2v) is 13.1. The van der Waals surface area contributed by atoms with Crippen molar-refractivity contribution in [2.45, 2.75) is 64.6 Å². The van der Waals surface area contributed by atoms with Gasteiger partial charge in [0.25, 0.3) is 0 Å². The maximum absolute atomic E-state index is 12.5. The third-order valence-electron chi connectivity index (χ3n) is 10.0. The largest absolute Gasteiger partial charge is 0.461 e. The number of rotatable bonds is 13. The van der Waals surface area contributed by atoms with Crippen LogP contribution in [0.3, 0.4) is 0 Å². The van der Waals surface area contributed by atoms with E-state index >= 15 is 0 Å². The van der Waals surface area contributed by atoms with E-state index in [-0.39, 0.29) is 11.9 Å². The van der Waals surface area contributed by atoms with Gasteiger partial charge in [0.1, 0.15) is 13.2 Å². The van der Waals surface area contributed by atoms with Crippen molar-refractivity contribution in [2.24, 2.45) is 0 Å². The number of benzene rings is 8. The van der Waals surface area contributed by atoms with E-state index in [1.54, 1.807) is 0 Å². The van der Waals surface area contributed by atoms with Gasteiger partial charge in [-0.05, 0) is 88.6 Å². The normalized spacial score (nSPS) is 11.9. The van der Waals surface area contributed by atoms with Crippen molar-refractivity contribution in [2.75, 3.05) is 0 Å². The molecule has 0 aromatic heterocycles. The second kappa shape index (κ2) is 13.1. The SMILES string of the molecule is O=C(CCCCCCCCC(=O)OCc1ccc2ccc3cccc4ccc1c2c34)OCc1ccc2ccc3cccc4ccc1c2c34. The highest BCUT2D eigenvalue weighted by Crippen LogP contribution is 2.37. The molecule has 4 heteroatoms. The maximum atomic E-state index is 12.5. The summed E-state index contributed by atoms with van der Waals surface area (Å²) in [7, 11) is 0. The predicted octanol–water partition coefficient (Wildman–Crippen LogP) is 11.4. The average Bonchev–Trinajstić information content (AvgIpc) is 3.12. The van der Waals surface area contributed by atoms with Crippen LogP contribution in [0.2, 0.25) is 0 Å². The third-order valence-corrected chi connectivity index (χ3v) is 10.0. The van der Waals surface area contributed by atoms with Gasteiger partial charge in [-0.15, -0.1) is 0 Å². The van der Waals surface area contributed by atoms with Gasteiger partial charge in [-0.25, -0.2) is 0 Å². The highest BCUT2D eigenvalue weighted by molar-refractivity contribution is 6.24. The number of hydrogen-bond acceptors (Lipinski definition) is 4. The summed E-state index contributed by atoms with van der Waals surface area (Å²) in [6.07, 6.45) is 6.54. The van der Waals surface area contributed by atoms with E-state index in [2.05, 4.69) is 109 Å². The number of hydrogen-bond donors (Lipinski definition) is 0. The summed E-state index contributed by atoms with van der Waals surface area (Å²) in [6, 6.07) is 38.5. The van der Waals surface area contributed by atoms with Crippen LogP contribution in [0.5, 0.6) is 0 Å². The zero-order valence-electron chi connectivity index (χ0n) is 27.1. The van der Waals surface area contributed by atoms with E-state index in [0.29, 0.717) is 26.1 Å². The van der Waals surface area contributed by atoms with E-state index in [1.165, 1.54) is 53.9 Å². The fraction of sp³-hybridized carbons (Fsp3) is 0.227. The molecule has 0 heterocycles. The smallest absolute Gasteiger partial charge is 0.306 e. The van der Waals surface area contributed by atoms with E-state index in [9.17, 15) is 9.59 Å². The summed E-state index contributed by atoms with van der Waals surface area (Å²) in [6.45, 7) is 0.583. The van der Waals surface area contributed by atoms with Gasteiger partial charge in [-0.2, -0.15) is 0 Å². The second-order valence-electron chi connectivity index (χ2n) is 13.1. The van der Waals surface area contributed by atoms with Gasteiger partial charge in [-0.1, -0.05) is 135 Å². The number of ether oxygens (including phenoxy) is 2. The summed E-state index contributed by atoms with van der Waals surface area (Å²) < 4.78 is 11.4. The summed E-state index contributed by atoms with van der Waals surface area (Å²) in [5.41, 5.74) is 2.09. The van der Waals surface area contributed by atoms with Crippen molar-refractivity contribution in [3.05, 3.63) is 120 Å². The van der Waals surface area contributed by atoms with Crippen LogP contribution in [-0.2, 0) is 32.3 Å². The lowest BCUT2D eigenvalue weighted by Crippen LogP contribution is -2.05. The van der Waals surface area contributed by atoms with E-state index in [1.807, 2.05) is 0 Å². The Morgan fingerprint density at radius 2 is 0.708 bits per heavy atom. The molecule has 0 saturated heterocycles. The molecular formula is C44H38O4. The standard InChI is InChI=1S/C44H38O4/c45-39(47-27-35-21-19-33-17-15-29-9-7-11-31-23-25-37(35)43(33)41(29)31)13-5-3-1-2-4-6-14-40(46)48-28-36-22-20-34-18-16-30-10-8-12-32-24-26-38(36)44(34)42(30)32/h7-12,15-26H,1-6,13-14,27-28H2. The maximum Gasteiger partial charge on any atom is 0.306 e. The molecule has 0 spiro atoms. The van der Waals surface area contributed by atoms with E-state index in [0.717, 1.165) is 60.4 Å². The van der Waals surface area contributed by atoms with Crippen molar-refractivity contribution in [3.8, 4) is 0 Å². The third kappa shape index (κ3) is 5.77. The Morgan fingerprint density at radius 1 is 0.375 bits per heavy atom. The van der Waals surface area contributed by atoms with E-state index < -0.39 is 0 Å². The van der Waals surface area contributed by atoms with Crippen molar-refractivity contribution in [3.63, 3.8) is 0 Å². The molecule has 8 rings (SSSR count). The predicted molar refractivity (Wildman–Crippen MR) is 197 cm³/mol. The monoisotopic (exact) mass is 630 g/mol. The number of unbranched alkanes of at least 4 members (excludes halogenated alkanes) is 5. The summed E-state index contributed by atoms with van der Waals surface area (Å²) in [5, 5.41) is 14.7. The van der Waals surface area contributed by atoms with Crippen LogP contribution >= 0.6 is 0 Å². The van der Waals surface area contributed by atoms with Crippen molar-refractivity contribution >= 4 is 76.6 Å². The Kier molecular flexibility index (Phi) is 8.24. The van der Waals surface area contributed by atoms with Crippen molar-refractivity contribution < 1.29 is 19.1 Å². The molecule has 0 radical (unpaired) electrons. The molecule has 0 N–H and O–H groups in total. The van der Waals surface area contributed by atoms with Crippen molar-refractivity contribution in [1.82, 2.24) is 0 Å². The Labute approximate surface area is 279 Å². The Balaban J connectivity index is 0.746. The fourth-order valence-corrected chi connectivity index (χ4v) is 7.55. The minimum Gasteiger partial charge on any atom is -0.461 e. The first-order valence-electron chi connectivity index (χ1n) is 17.3. The van der Waals surface area contributed by atoms with Gasteiger partial charge in [-0.3, -0.25) is 9.59 Å². The van der Waals surface area contributed by atoms with Gasteiger partial charge in [0.05, 0.1) is 0 Å². The van der Waals surface area contributed by atoms with Crippen LogP contribution in [-0.4, -0.2) is 11.9 Å². The minimum atomic E-state index is -0.145. The Morgan fingerprint density at radius 3 is 1.12 bits per heavy atom. The van der Waals surface area contributed by atoms with Gasteiger partial charge in [0.2, 0.25) is 0 Å².